The molecule has 0 aromatic rings. The number of imide groups is 1. The molecule has 0 saturated carbocycles. The molecular weight excluding hydrogens is 226 g/mol. The number of primary amides is 1. The third-order valence-electron chi connectivity index (χ3n) is 2.77. The van der Waals surface area contributed by atoms with Crippen LogP contribution >= 0.6 is 0 Å². The van der Waals surface area contributed by atoms with Crippen molar-refractivity contribution in [2.24, 2.45) is 11.7 Å². The maximum absolute atomic E-state index is 11.2. The van der Waals surface area contributed by atoms with E-state index in [4.69, 9.17) is 10.8 Å². The summed E-state index contributed by atoms with van der Waals surface area (Å²) in [6.45, 7) is 1.69. The molecule has 7 heteroatoms. The summed E-state index contributed by atoms with van der Waals surface area (Å²) in [6, 6.07) is -0.864. The van der Waals surface area contributed by atoms with Crippen LogP contribution in [0.15, 0.2) is 0 Å². The number of urea groups is 1. The predicted molar refractivity (Wildman–Crippen MR) is 59.1 cm³/mol. The van der Waals surface area contributed by atoms with E-state index in [9.17, 15) is 14.4 Å². The molecule has 17 heavy (non-hydrogen) atoms. The molecule has 1 saturated heterocycles. The van der Waals surface area contributed by atoms with Crippen molar-refractivity contribution in [2.45, 2.75) is 19.3 Å². The number of nitrogens with two attached hydrogens (primary N) is 1. The number of carboxylic acid groups (broad SMARTS) is 1. The SMILES string of the molecule is NC(=O)NC(=O)CCN1CCCC(C(=O)O)C1. The van der Waals surface area contributed by atoms with Crippen molar-refractivity contribution in [3.8, 4) is 0 Å². The second-order valence-corrected chi connectivity index (χ2v) is 4.14. The van der Waals surface area contributed by atoms with Gasteiger partial charge in [-0.05, 0) is 19.4 Å². The summed E-state index contributed by atoms with van der Waals surface area (Å²) in [5.74, 6) is -1.59. The number of rotatable bonds is 4. The van der Waals surface area contributed by atoms with E-state index in [2.05, 4.69) is 0 Å². The number of aliphatic carboxylic acids is 1. The van der Waals surface area contributed by atoms with Gasteiger partial charge in [-0.1, -0.05) is 0 Å². The lowest BCUT2D eigenvalue weighted by atomic mass is 9.98. The Labute approximate surface area is 98.9 Å². The fraction of sp³-hybridized carbons (Fsp3) is 0.700. The summed E-state index contributed by atoms with van der Waals surface area (Å²) >= 11 is 0. The van der Waals surface area contributed by atoms with Crippen LogP contribution in [-0.4, -0.2) is 47.5 Å². The molecule has 3 amide bonds. The third-order valence-corrected chi connectivity index (χ3v) is 2.77. The molecule has 1 fully saturated rings. The molecule has 7 nitrogen and oxygen atoms in total. The van der Waals surface area contributed by atoms with Gasteiger partial charge in [0.05, 0.1) is 5.92 Å². The number of carboxylic acids is 1. The minimum atomic E-state index is -0.864. The van der Waals surface area contributed by atoms with Gasteiger partial charge in [-0.25, -0.2) is 4.79 Å². The molecule has 0 aromatic carbocycles. The van der Waals surface area contributed by atoms with Crippen molar-refractivity contribution in [1.29, 1.82) is 0 Å². The molecule has 1 heterocycles. The van der Waals surface area contributed by atoms with Crippen LogP contribution < -0.4 is 11.1 Å². The Balaban J connectivity index is 2.29. The molecule has 1 atom stereocenters. The van der Waals surface area contributed by atoms with Crippen LogP contribution in [0, 0.1) is 5.92 Å². The molecule has 0 aliphatic carbocycles. The van der Waals surface area contributed by atoms with Crippen molar-refractivity contribution < 1.29 is 19.5 Å². The van der Waals surface area contributed by atoms with Gasteiger partial charge < -0.3 is 15.7 Å². The third kappa shape index (κ3) is 4.81. The van der Waals surface area contributed by atoms with Gasteiger partial charge in [0.15, 0.2) is 0 Å². The Bertz CT molecular complexity index is 319. The van der Waals surface area contributed by atoms with Gasteiger partial charge in [-0.15, -0.1) is 0 Å². The fourth-order valence-corrected chi connectivity index (χ4v) is 1.92. The number of carbonyl (C=O) groups is 3. The van der Waals surface area contributed by atoms with Gasteiger partial charge in [0, 0.05) is 19.5 Å². The monoisotopic (exact) mass is 243 g/mol. The van der Waals surface area contributed by atoms with Crippen molar-refractivity contribution >= 4 is 17.9 Å². The molecule has 0 spiro atoms. The van der Waals surface area contributed by atoms with E-state index in [1.54, 1.807) is 0 Å². The molecule has 4 N–H and O–H groups in total. The first kappa shape index (κ1) is 13.4. The summed E-state index contributed by atoms with van der Waals surface area (Å²) < 4.78 is 0. The zero-order valence-electron chi connectivity index (χ0n) is 9.52. The van der Waals surface area contributed by atoms with Gasteiger partial charge in [0.2, 0.25) is 5.91 Å². The summed E-state index contributed by atoms with van der Waals surface area (Å²) in [6.07, 6.45) is 1.64. The van der Waals surface area contributed by atoms with Gasteiger partial charge in [-0.2, -0.15) is 0 Å². The number of nitrogens with zero attached hydrogens (tertiary/aromatic N) is 1. The lowest BCUT2D eigenvalue weighted by Gasteiger charge is -2.30. The maximum atomic E-state index is 11.2. The van der Waals surface area contributed by atoms with E-state index in [1.165, 1.54) is 0 Å². The van der Waals surface area contributed by atoms with Crippen LogP contribution in [0.4, 0.5) is 4.79 Å². The quantitative estimate of drug-likeness (QED) is 0.608. The highest BCUT2D eigenvalue weighted by atomic mass is 16.4. The largest absolute Gasteiger partial charge is 0.481 e. The number of nitrogens with one attached hydrogen (secondary N) is 1. The molecule has 1 unspecified atom stereocenters. The predicted octanol–water partition coefficient (Wildman–Crippen LogP) is -0.632. The van der Waals surface area contributed by atoms with E-state index in [-0.39, 0.29) is 12.3 Å². The van der Waals surface area contributed by atoms with Crippen molar-refractivity contribution in [3.05, 3.63) is 0 Å². The lowest BCUT2D eigenvalue weighted by Crippen LogP contribution is -2.41. The van der Waals surface area contributed by atoms with Crippen molar-refractivity contribution in [2.75, 3.05) is 19.6 Å². The number of likely N-dealkylation sites (tertiary alicyclic amines) is 1. The second-order valence-electron chi connectivity index (χ2n) is 4.14. The molecular formula is C10H17N3O4. The first-order valence-electron chi connectivity index (χ1n) is 5.53. The molecule has 1 rings (SSSR count). The normalized spacial score (nSPS) is 20.8. The van der Waals surface area contributed by atoms with E-state index in [1.807, 2.05) is 10.2 Å². The van der Waals surface area contributed by atoms with Crippen LogP contribution in [0.2, 0.25) is 0 Å². The van der Waals surface area contributed by atoms with Gasteiger partial charge in [-0.3, -0.25) is 14.9 Å². The zero-order chi connectivity index (χ0) is 12.8. The topological polar surface area (TPSA) is 113 Å². The number of carbonyl (C=O) groups excluding carboxylic acids is 2. The van der Waals surface area contributed by atoms with Gasteiger partial charge in [0.1, 0.15) is 0 Å². The lowest BCUT2D eigenvalue weighted by molar-refractivity contribution is -0.143. The highest BCUT2D eigenvalue weighted by Crippen LogP contribution is 2.16. The van der Waals surface area contributed by atoms with Gasteiger partial charge in [0.25, 0.3) is 0 Å². The Hall–Kier alpha value is -1.63. The van der Waals surface area contributed by atoms with Crippen molar-refractivity contribution in [3.63, 3.8) is 0 Å². The molecule has 0 bridgehead atoms. The van der Waals surface area contributed by atoms with E-state index in [0.29, 0.717) is 19.5 Å². The Morgan fingerprint density at radius 3 is 2.71 bits per heavy atom. The van der Waals surface area contributed by atoms with Crippen LogP contribution in [-0.2, 0) is 9.59 Å². The smallest absolute Gasteiger partial charge is 0.318 e. The zero-order valence-corrected chi connectivity index (χ0v) is 9.52. The number of amides is 3. The maximum Gasteiger partial charge on any atom is 0.318 e. The minimum absolute atomic E-state index is 0.148. The molecule has 0 radical (unpaired) electrons. The Morgan fingerprint density at radius 2 is 2.12 bits per heavy atom. The summed E-state index contributed by atoms with van der Waals surface area (Å²) in [7, 11) is 0. The summed E-state index contributed by atoms with van der Waals surface area (Å²) in [4.78, 5) is 34.3. The van der Waals surface area contributed by atoms with E-state index < -0.39 is 17.9 Å². The summed E-state index contributed by atoms with van der Waals surface area (Å²) in [5.41, 5.74) is 4.80. The number of piperidine rings is 1. The number of hydrogen-bond donors (Lipinski definition) is 3. The standard InChI is InChI=1S/C10H17N3O4/c11-10(17)12-8(14)3-5-13-4-1-2-7(6-13)9(15)16/h7H,1-6H2,(H,15,16)(H3,11,12,14,17). The highest BCUT2D eigenvalue weighted by Gasteiger charge is 2.25. The van der Waals surface area contributed by atoms with Crippen LogP contribution in [0.5, 0.6) is 0 Å². The fourth-order valence-electron chi connectivity index (χ4n) is 1.92. The molecule has 96 valence electrons. The number of hydrogen-bond acceptors (Lipinski definition) is 4. The van der Waals surface area contributed by atoms with Crippen LogP contribution in [0.25, 0.3) is 0 Å². The van der Waals surface area contributed by atoms with Gasteiger partial charge >= 0.3 is 12.0 Å². The van der Waals surface area contributed by atoms with E-state index >= 15 is 0 Å². The first-order valence-corrected chi connectivity index (χ1v) is 5.53. The van der Waals surface area contributed by atoms with Crippen LogP contribution in [0.1, 0.15) is 19.3 Å². The average molecular weight is 243 g/mol. The summed E-state index contributed by atoms with van der Waals surface area (Å²) in [5, 5.41) is 10.9. The Kier molecular flexibility index (Phi) is 4.89. The molecule has 1 aliphatic rings. The highest BCUT2D eigenvalue weighted by molar-refractivity contribution is 5.93. The second kappa shape index (κ2) is 6.19. The van der Waals surface area contributed by atoms with Crippen molar-refractivity contribution in [1.82, 2.24) is 10.2 Å². The van der Waals surface area contributed by atoms with E-state index in [0.717, 1.165) is 13.0 Å². The molecule has 1 aliphatic heterocycles. The minimum Gasteiger partial charge on any atom is -0.481 e. The average Bonchev–Trinajstić information content (AvgIpc) is 2.26. The van der Waals surface area contributed by atoms with Crippen LogP contribution in [0.3, 0.4) is 0 Å². The first-order chi connectivity index (χ1) is 7.99. The molecule has 0 aromatic heterocycles. The Morgan fingerprint density at radius 1 is 1.41 bits per heavy atom.